The molecule has 0 radical (unpaired) electrons. The van der Waals surface area contributed by atoms with Crippen molar-refractivity contribution in [3.63, 3.8) is 0 Å². The fourth-order valence-electron chi connectivity index (χ4n) is 3.37. The Morgan fingerprint density at radius 1 is 1.33 bits per heavy atom. The third-order valence-corrected chi connectivity index (χ3v) is 4.70. The van der Waals surface area contributed by atoms with Crippen molar-refractivity contribution in [3.8, 4) is 0 Å². The monoisotopic (exact) mass is 327 g/mol. The van der Waals surface area contributed by atoms with Gasteiger partial charge in [-0.15, -0.1) is 0 Å². The Hall–Kier alpha value is -2.57. The third kappa shape index (κ3) is 2.93. The molecule has 7 heteroatoms. The number of aromatic amines is 1. The molecule has 4 rings (SSSR count). The molecule has 1 saturated heterocycles. The number of carbonyl (C=O) groups excluding carboxylic acids is 1. The Morgan fingerprint density at radius 3 is 3.00 bits per heavy atom. The van der Waals surface area contributed by atoms with Gasteiger partial charge in [-0.3, -0.25) is 9.59 Å². The Balaban J connectivity index is 1.45. The lowest BCUT2D eigenvalue weighted by Crippen LogP contribution is -2.49. The van der Waals surface area contributed by atoms with Crippen LogP contribution in [0.2, 0.25) is 0 Å². The van der Waals surface area contributed by atoms with Gasteiger partial charge in [0.2, 0.25) is 0 Å². The second-order valence-electron chi connectivity index (χ2n) is 6.53. The lowest BCUT2D eigenvalue weighted by atomic mass is 10.1. The Labute approximate surface area is 139 Å². The van der Waals surface area contributed by atoms with Gasteiger partial charge >= 0.3 is 0 Å². The van der Waals surface area contributed by atoms with Gasteiger partial charge in [0.1, 0.15) is 5.69 Å². The smallest absolute Gasteiger partial charge is 0.290 e. The van der Waals surface area contributed by atoms with Crippen molar-refractivity contribution in [3.05, 3.63) is 46.8 Å². The summed E-state index contributed by atoms with van der Waals surface area (Å²) in [5.41, 5.74) is 0.539. The van der Waals surface area contributed by atoms with Gasteiger partial charge in [0, 0.05) is 43.8 Å². The molecule has 3 heterocycles. The van der Waals surface area contributed by atoms with Gasteiger partial charge < -0.3 is 19.8 Å². The van der Waals surface area contributed by atoms with E-state index in [9.17, 15) is 9.59 Å². The summed E-state index contributed by atoms with van der Waals surface area (Å²) < 4.78 is 2.07. The molecule has 2 aromatic heterocycles. The first-order chi connectivity index (χ1) is 11.7. The summed E-state index contributed by atoms with van der Waals surface area (Å²) >= 11 is 0. The first-order valence-corrected chi connectivity index (χ1v) is 8.49. The topological polar surface area (TPSA) is 83.0 Å². The van der Waals surface area contributed by atoms with Crippen LogP contribution in [0.15, 0.2) is 35.5 Å². The van der Waals surface area contributed by atoms with Gasteiger partial charge in [-0.2, -0.15) is 0 Å². The van der Waals surface area contributed by atoms with Crippen LogP contribution in [0.25, 0.3) is 0 Å². The molecule has 2 aromatic rings. The molecule has 7 nitrogen and oxygen atoms in total. The van der Waals surface area contributed by atoms with Crippen molar-refractivity contribution in [2.45, 2.75) is 37.8 Å². The van der Waals surface area contributed by atoms with Gasteiger partial charge in [-0.25, -0.2) is 4.98 Å². The van der Waals surface area contributed by atoms with Crippen LogP contribution in [-0.2, 0) is 0 Å². The van der Waals surface area contributed by atoms with Crippen LogP contribution >= 0.6 is 0 Å². The van der Waals surface area contributed by atoms with E-state index in [1.807, 2.05) is 23.2 Å². The van der Waals surface area contributed by atoms with Crippen LogP contribution in [0.1, 0.15) is 42.2 Å². The van der Waals surface area contributed by atoms with Crippen LogP contribution < -0.4 is 15.8 Å². The average Bonchev–Trinajstić information content (AvgIpc) is 3.32. The highest BCUT2D eigenvalue weighted by Crippen LogP contribution is 2.36. The summed E-state index contributed by atoms with van der Waals surface area (Å²) in [7, 11) is 0. The van der Waals surface area contributed by atoms with Gasteiger partial charge in [0.15, 0.2) is 5.82 Å². The van der Waals surface area contributed by atoms with E-state index in [0.717, 1.165) is 37.9 Å². The maximum absolute atomic E-state index is 12.6. The Kier molecular flexibility index (Phi) is 3.84. The number of nitrogens with one attached hydrogen (secondary N) is 2. The third-order valence-electron chi connectivity index (χ3n) is 4.70. The highest BCUT2D eigenvalue weighted by atomic mass is 16.2. The highest BCUT2D eigenvalue weighted by Gasteiger charge is 2.29. The molecule has 0 bridgehead atoms. The molecule has 2 N–H and O–H groups in total. The molecule has 126 valence electrons. The van der Waals surface area contributed by atoms with Gasteiger partial charge in [-0.1, -0.05) is 0 Å². The summed E-state index contributed by atoms with van der Waals surface area (Å²) in [5, 5.41) is 3.12. The molecule has 0 spiro atoms. The predicted molar refractivity (Wildman–Crippen MR) is 90.3 cm³/mol. The molecule has 1 aliphatic heterocycles. The minimum Gasteiger partial charge on any atom is -0.350 e. The second-order valence-corrected chi connectivity index (χ2v) is 6.53. The van der Waals surface area contributed by atoms with Gasteiger partial charge in [0.05, 0.1) is 0 Å². The Bertz CT molecular complexity index is 792. The van der Waals surface area contributed by atoms with Crippen LogP contribution in [0.4, 0.5) is 5.82 Å². The zero-order valence-corrected chi connectivity index (χ0v) is 13.4. The molecule has 1 aliphatic carbocycles. The predicted octanol–water partition coefficient (Wildman–Crippen LogP) is 1.31. The van der Waals surface area contributed by atoms with E-state index in [0.29, 0.717) is 18.4 Å². The first kappa shape index (κ1) is 15.0. The zero-order valence-electron chi connectivity index (χ0n) is 13.4. The molecule has 1 unspecified atom stereocenters. The van der Waals surface area contributed by atoms with E-state index >= 15 is 0 Å². The number of anilines is 1. The van der Waals surface area contributed by atoms with Crippen molar-refractivity contribution in [2.24, 2.45) is 0 Å². The summed E-state index contributed by atoms with van der Waals surface area (Å²) in [6, 6.07) is 4.30. The minimum absolute atomic E-state index is 0.0233. The van der Waals surface area contributed by atoms with Crippen LogP contribution in [0, 0.1) is 0 Å². The summed E-state index contributed by atoms with van der Waals surface area (Å²) in [5.74, 6) is 0.395. The fourth-order valence-corrected chi connectivity index (χ4v) is 3.37. The molecular weight excluding hydrogens is 306 g/mol. The van der Waals surface area contributed by atoms with Gasteiger partial charge in [-0.05, 0) is 37.8 Å². The lowest BCUT2D eigenvalue weighted by Gasteiger charge is -2.33. The van der Waals surface area contributed by atoms with Crippen molar-refractivity contribution in [1.29, 1.82) is 0 Å². The number of hydrogen-bond donors (Lipinski definition) is 2. The molecule has 0 aromatic carbocycles. The maximum Gasteiger partial charge on any atom is 0.290 e. The molecule has 2 aliphatic rings. The van der Waals surface area contributed by atoms with Crippen LogP contribution in [-0.4, -0.2) is 39.6 Å². The number of piperidine rings is 1. The highest BCUT2D eigenvalue weighted by molar-refractivity contribution is 5.93. The number of nitrogens with zero attached hydrogens (tertiary/aromatic N) is 3. The van der Waals surface area contributed by atoms with Crippen molar-refractivity contribution < 1.29 is 4.79 Å². The van der Waals surface area contributed by atoms with E-state index < -0.39 is 0 Å². The van der Waals surface area contributed by atoms with Crippen molar-refractivity contribution in [2.75, 3.05) is 18.0 Å². The lowest BCUT2D eigenvalue weighted by molar-refractivity contribution is 0.0923. The normalized spacial score (nSPS) is 20.8. The molecule has 1 saturated carbocycles. The number of carbonyl (C=O) groups is 1. The van der Waals surface area contributed by atoms with Crippen LogP contribution in [0.3, 0.4) is 0 Å². The van der Waals surface area contributed by atoms with Crippen LogP contribution in [0.5, 0.6) is 0 Å². The number of aromatic nitrogens is 3. The summed E-state index contributed by atoms with van der Waals surface area (Å²) in [4.78, 5) is 33.3. The molecule has 1 atom stereocenters. The van der Waals surface area contributed by atoms with Crippen molar-refractivity contribution in [1.82, 2.24) is 19.9 Å². The van der Waals surface area contributed by atoms with E-state index in [1.54, 1.807) is 6.20 Å². The number of hydrogen-bond acceptors (Lipinski definition) is 4. The molecule has 24 heavy (non-hydrogen) atoms. The SMILES string of the molecule is O=C(NC1CCCN(c2ncc[nH]c2=O)C1)c1cccn1C1CC1. The van der Waals surface area contributed by atoms with E-state index in [1.165, 1.54) is 6.20 Å². The largest absolute Gasteiger partial charge is 0.350 e. The van der Waals surface area contributed by atoms with Gasteiger partial charge in [0.25, 0.3) is 11.5 Å². The zero-order chi connectivity index (χ0) is 16.5. The van der Waals surface area contributed by atoms with E-state index in [-0.39, 0.29) is 17.5 Å². The molecule has 2 fully saturated rings. The quantitative estimate of drug-likeness (QED) is 0.887. The molecule has 1 amide bonds. The van der Waals surface area contributed by atoms with E-state index in [4.69, 9.17) is 0 Å². The molecular formula is C17H21N5O2. The number of amides is 1. The summed E-state index contributed by atoms with van der Waals surface area (Å²) in [6.07, 6.45) is 9.22. The number of H-pyrrole nitrogens is 1. The minimum atomic E-state index is -0.188. The maximum atomic E-state index is 12.6. The fraction of sp³-hybridized carbons (Fsp3) is 0.471. The second kappa shape index (κ2) is 6.14. The Morgan fingerprint density at radius 2 is 2.21 bits per heavy atom. The number of rotatable bonds is 4. The van der Waals surface area contributed by atoms with Crippen molar-refractivity contribution >= 4 is 11.7 Å². The summed E-state index contributed by atoms with van der Waals surface area (Å²) in [6.45, 7) is 1.39. The first-order valence-electron chi connectivity index (χ1n) is 8.49. The standard InChI is InChI=1S/C17H21N5O2/c23-16(14-4-2-10-22(14)13-5-6-13)20-12-3-1-9-21(11-12)15-17(24)19-8-7-18-15/h2,4,7-8,10,12-13H,1,3,5-6,9,11H2,(H,19,24)(H,20,23). The average molecular weight is 327 g/mol. The van der Waals surface area contributed by atoms with E-state index in [2.05, 4.69) is 19.9 Å².